The van der Waals surface area contributed by atoms with E-state index in [2.05, 4.69) is 27.6 Å². The van der Waals surface area contributed by atoms with E-state index in [0.717, 1.165) is 18.4 Å². The van der Waals surface area contributed by atoms with E-state index in [-0.39, 0.29) is 48.0 Å². The van der Waals surface area contributed by atoms with Gasteiger partial charge in [0, 0.05) is 19.4 Å². The van der Waals surface area contributed by atoms with E-state index >= 15 is 0 Å². The van der Waals surface area contributed by atoms with Crippen molar-refractivity contribution in [1.29, 1.82) is 0 Å². The number of aliphatic hydroxyl groups excluding tert-OH is 1. The standard InChI is InChI=1S/C27H42NO7P/c1-15(8-11-23-26(31)27(19(5)35-27)14-25(36)34-23)7-10-22-16(2)13-21(18(4)33-22)28-24(30)12-9-17(3)32-20(6)29/h7-9,11-12,16-19,21-23,25-26,31H,10,13-14,36H2,1-6H3,(H,28,30). The maximum absolute atomic E-state index is 12.3. The van der Waals surface area contributed by atoms with Crippen LogP contribution in [0.1, 0.15) is 60.8 Å². The minimum Gasteiger partial charge on any atom is -0.459 e. The minimum atomic E-state index is -0.678. The molecule has 202 valence electrons. The van der Waals surface area contributed by atoms with Gasteiger partial charge in [-0.25, -0.2) is 0 Å². The highest BCUT2D eigenvalue weighted by atomic mass is 31.0. The number of aliphatic hydroxyl groups is 1. The molecule has 9 heteroatoms. The molecule has 3 heterocycles. The number of carbonyl (C=O) groups is 2. The molecule has 11 atom stereocenters. The molecule has 1 amide bonds. The molecule has 1 spiro atoms. The Hall–Kier alpha value is -1.57. The van der Waals surface area contributed by atoms with Gasteiger partial charge in [0.25, 0.3) is 0 Å². The van der Waals surface area contributed by atoms with Crippen molar-refractivity contribution in [3.8, 4) is 0 Å². The highest BCUT2D eigenvalue weighted by Crippen LogP contribution is 2.49. The Morgan fingerprint density at radius 3 is 2.56 bits per heavy atom. The van der Waals surface area contributed by atoms with Crippen LogP contribution in [0.3, 0.4) is 0 Å². The number of allylic oxidation sites excluding steroid dienone is 2. The van der Waals surface area contributed by atoms with Gasteiger partial charge in [0.05, 0.1) is 30.2 Å². The normalized spacial score (nSPS) is 39.9. The van der Waals surface area contributed by atoms with Gasteiger partial charge in [-0.3, -0.25) is 9.59 Å². The molecule has 3 aliphatic rings. The molecule has 0 radical (unpaired) electrons. The van der Waals surface area contributed by atoms with Crippen LogP contribution in [0.15, 0.2) is 36.0 Å². The number of nitrogens with one attached hydrogen (secondary N) is 1. The van der Waals surface area contributed by atoms with Crippen LogP contribution in [0.25, 0.3) is 0 Å². The topological polar surface area (TPSA) is 107 Å². The van der Waals surface area contributed by atoms with Crippen molar-refractivity contribution in [2.75, 3.05) is 0 Å². The van der Waals surface area contributed by atoms with E-state index in [0.29, 0.717) is 6.42 Å². The first-order chi connectivity index (χ1) is 16.9. The van der Waals surface area contributed by atoms with Gasteiger partial charge in [-0.2, -0.15) is 0 Å². The van der Waals surface area contributed by atoms with Crippen molar-refractivity contribution in [3.63, 3.8) is 0 Å². The van der Waals surface area contributed by atoms with Crippen molar-refractivity contribution >= 4 is 21.1 Å². The Kier molecular flexibility index (Phi) is 9.92. The zero-order valence-corrected chi connectivity index (χ0v) is 23.3. The number of amides is 1. The zero-order chi connectivity index (χ0) is 26.6. The fourth-order valence-electron chi connectivity index (χ4n) is 5.09. The number of hydrogen-bond donors (Lipinski definition) is 2. The third-order valence-electron chi connectivity index (χ3n) is 7.33. The van der Waals surface area contributed by atoms with Gasteiger partial charge in [0.1, 0.15) is 23.9 Å². The lowest BCUT2D eigenvalue weighted by atomic mass is 9.87. The first-order valence-corrected chi connectivity index (χ1v) is 13.5. The first kappa shape index (κ1) is 29.0. The number of hydrogen-bond acceptors (Lipinski definition) is 7. The second-order valence-electron chi connectivity index (χ2n) is 10.4. The van der Waals surface area contributed by atoms with Gasteiger partial charge in [-0.05, 0) is 52.5 Å². The van der Waals surface area contributed by atoms with Crippen molar-refractivity contribution in [2.24, 2.45) is 5.92 Å². The van der Waals surface area contributed by atoms with Crippen molar-refractivity contribution in [1.82, 2.24) is 5.32 Å². The molecule has 11 unspecified atom stereocenters. The predicted molar refractivity (Wildman–Crippen MR) is 140 cm³/mol. The summed E-state index contributed by atoms with van der Waals surface area (Å²) in [6.07, 6.45) is 9.69. The number of esters is 1. The summed E-state index contributed by atoms with van der Waals surface area (Å²) in [6, 6.07) is -0.0912. The molecule has 2 N–H and O–H groups in total. The van der Waals surface area contributed by atoms with Gasteiger partial charge in [-0.1, -0.05) is 30.7 Å². The third-order valence-corrected chi connectivity index (χ3v) is 7.72. The molecule has 0 aliphatic carbocycles. The van der Waals surface area contributed by atoms with E-state index < -0.39 is 23.9 Å². The molecule has 3 aliphatic heterocycles. The second-order valence-corrected chi connectivity index (χ2v) is 11.2. The largest absolute Gasteiger partial charge is 0.459 e. The van der Waals surface area contributed by atoms with Crippen molar-refractivity contribution in [2.45, 2.75) is 115 Å². The summed E-state index contributed by atoms with van der Waals surface area (Å²) in [5.74, 6) is -0.394. The van der Waals surface area contributed by atoms with Gasteiger partial charge in [0.2, 0.25) is 5.91 Å². The molecule has 0 aromatic rings. The van der Waals surface area contributed by atoms with E-state index in [1.54, 1.807) is 13.0 Å². The van der Waals surface area contributed by atoms with Gasteiger partial charge >= 0.3 is 5.97 Å². The van der Waals surface area contributed by atoms with Crippen molar-refractivity contribution < 1.29 is 33.6 Å². The van der Waals surface area contributed by atoms with Gasteiger partial charge < -0.3 is 29.4 Å². The zero-order valence-electron chi connectivity index (χ0n) is 22.2. The van der Waals surface area contributed by atoms with Crippen LogP contribution in [-0.4, -0.2) is 71.1 Å². The fourth-order valence-corrected chi connectivity index (χ4v) is 5.64. The summed E-state index contributed by atoms with van der Waals surface area (Å²) in [5, 5.41) is 13.7. The molecule has 0 saturated carbocycles. The molecule has 3 fully saturated rings. The molecule has 0 bridgehead atoms. The maximum atomic E-state index is 12.3. The molecule has 0 aromatic heterocycles. The molecule has 3 rings (SSSR count). The lowest BCUT2D eigenvalue weighted by molar-refractivity contribution is -0.143. The SMILES string of the molecule is CC(=O)OC(C)C=CC(=O)NC1CC(C)C(CC=C(C)C=CC2OC(P)CC3(OC3C)C2O)OC1C. The third kappa shape index (κ3) is 7.48. The molecule has 36 heavy (non-hydrogen) atoms. The number of epoxide rings is 1. The maximum Gasteiger partial charge on any atom is 0.303 e. The molecule has 3 saturated heterocycles. The average Bonchev–Trinajstić information content (AvgIpc) is 3.43. The fraction of sp³-hybridized carbons (Fsp3) is 0.704. The lowest BCUT2D eigenvalue weighted by Gasteiger charge is -2.39. The monoisotopic (exact) mass is 523 g/mol. The summed E-state index contributed by atoms with van der Waals surface area (Å²) < 4.78 is 22.9. The number of rotatable bonds is 8. The Morgan fingerprint density at radius 2 is 1.92 bits per heavy atom. The predicted octanol–water partition coefficient (Wildman–Crippen LogP) is 3.19. The van der Waals surface area contributed by atoms with Crippen LogP contribution < -0.4 is 5.32 Å². The Balaban J connectivity index is 1.48. The minimum absolute atomic E-state index is 0.0449. The Labute approximate surface area is 217 Å². The lowest BCUT2D eigenvalue weighted by Crippen LogP contribution is -2.50. The summed E-state index contributed by atoms with van der Waals surface area (Å²) in [7, 11) is 2.68. The molecule has 0 aromatic carbocycles. The Bertz CT molecular complexity index is 889. The molecule has 8 nitrogen and oxygen atoms in total. The van der Waals surface area contributed by atoms with Gasteiger partial charge in [-0.15, -0.1) is 9.24 Å². The van der Waals surface area contributed by atoms with Crippen LogP contribution in [0, 0.1) is 5.92 Å². The number of carbonyl (C=O) groups excluding carboxylic acids is 2. The molecular weight excluding hydrogens is 481 g/mol. The highest BCUT2D eigenvalue weighted by molar-refractivity contribution is 7.17. The van der Waals surface area contributed by atoms with Gasteiger partial charge in [0.15, 0.2) is 0 Å². The van der Waals surface area contributed by atoms with Crippen LogP contribution in [0.4, 0.5) is 0 Å². The molecular formula is C27H42NO7P. The summed E-state index contributed by atoms with van der Waals surface area (Å²) >= 11 is 0. The first-order valence-electron chi connectivity index (χ1n) is 12.8. The van der Waals surface area contributed by atoms with Crippen LogP contribution in [0.2, 0.25) is 0 Å². The van der Waals surface area contributed by atoms with E-state index in [1.165, 1.54) is 13.0 Å². The van der Waals surface area contributed by atoms with Crippen molar-refractivity contribution in [3.05, 3.63) is 36.0 Å². The summed E-state index contributed by atoms with van der Waals surface area (Å²) in [6.45, 7) is 11.2. The van der Waals surface area contributed by atoms with Crippen LogP contribution in [-0.2, 0) is 28.5 Å². The van der Waals surface area contributed by atoms with Crippen LogP contribution in [0.5, 0.6) is 0 Å². The highest BCUT2D eigenvalue weighted by Gasteiger charge is 2.63. The summed E-state index contributed by atoms with van der Waals surface area (Å²) in [5.41, 5.74) is 0.586. The summed E-state index contributed by atoms with van der Waals surface area (Å²) in [4.78, 5) is 23.3. The van der Waals surface area contributed by atoms with E-state index in [9.17, 15) is 14.7 Å². The smallest absolute Gasteiger partial charge is 0.303 e. The van der Waals surface area contributed by atoms with E-state index in [1.807, 2.05) is 32.9 Å². The van der Waals surface area contributed by atoms with Crippen LogP contribution >= 0.6 is 9.24 Å². The number of ether oxygens (including phenoxy) is 4. The Morgan fingerprint density at radius 1 is 1.22 bits per heavy atom. The second kappa shape index (κ2) is 12.3. The van der Waals surface area contributed by atoms with E-state index in [4.69, 9.17) is 18.9 Å². The quantitative estimate of drug-likeness (QED) is 0.165. The average molecular weight is 524 g/mol.